The van der Waals surface area contributed by atoms with Gasteiger partial charge in [-0.3, -0.25) is 9.69 Å². The first-order valence-corrected chi connectivity index (χ1v) is 10.3. The molecule has 0 aromatic heterocycles. The van der Waals surface area contributed by atoms with Gasteiger partial charge in [-0.25, -0.2) is 0 Å². The van der Waals surface area contributed by atoms with E-state index < -0.39 is 0 Å². The van der Waals surface area contributed by atoms with Gasteiger partial charge in [-0.05, 0) is 37.0 Å². The number of nitrogens with zero attached hydrogens (tertiary/aromatic N) is 1. The number of methoxy groups -OCH3 is 1. The highest BCUT2D eigenvalue weighted by Gasteiger charge is 2.41. The fraction of sp³-hybridized carbons (Fsp3) is 0.435. The summed E-state index contributed by atoms with van der Waals surface area (Å²) in [4.78, 5) is 15.2. The van der Waals surface area contributed by atoms with Crippen LogP contribution >= 0.6 is 0 Å². The summed E-state index contributed by atoms with van der Waals surface area (Å²) in [6.45, 7) is 3.66. The number of nitrogens with one attached hydrogen (secondary N) is 1. The van der Waals surface area contributed by atoms with E-state index >= 15 is 0 Å². The average Bonchev–Trinajstić information content (AvgIpc) is 3.07. The lowest BCUT2D eigenvalue weighted by atomic mass is 9.91. The number of fused-ring (bicyclic) bond motifs is 2. The zero-order chi connectivity index (χ0) is 19.8. The molecule has 0 bridgehead atoms. The van der Waals surface area contributed by atoms with E-state index in [1.165, 1.54) is 0 Å². The molecule has 1 N–H and O–H groups in total. The lowest BCUT2D eigenvalue weighted by Crippen LogP contribution is -2.49. The Hall–Kier alpha value is -2.73. The van der Waals surface area contributed by atoms with Crippen LogP contribution in [0.15, 0.2) is 36.4 Å². The summed E-state index contributed by atoms with van der Waals surface area (Å²) in [7, 11) is 1.68. The van der Waals surface area contributed by atoms with Gasteiger partial charge in [0.1, 0.15) is 19.0 Å². The molecule has 3 heterocycles. The van der Waals surface area contributed by atoms with Gasteiger partial charge in [-0.2, -0.15) is 0 Å². The van der Waals surface area contributed by atoms with Crippen molar-refractivity contribution in [3.05, 3.63) is 53.1 Å². The zero-order valence-electron chi connectivity index (χ0n) is 16.7. The van der Waals surface area contributed by atoms with Crippen LogP contribution < -0.4 is 19.5 Å². The maximum absolute atomic E-state index is 12.8. The van der Waals surface area contributed by atoms with E-state index in [1.807, 2.05) is 30.3 Å². The molecule has 3 aliphatic rings. The molecule has 1 spiro atoms. The first-order valence-electron chi connectivity index (χ1n) is 10.3. The van der Waals surface area contributed by atoms with Crippen LogP contribution in [-0.2, 0) is 13.0 Å². The summed E-state index contributed by atoms with van der Waals surface area (Å²) in [5.74, 6) is 2.38. The molecule has 1 atom stereocenters. The largest absolute Gasteiger partial charge is 0.496 e. The van der Waals surface area contributed by atoms with E-state index in [-0.39, 0.29) is 11.4 Å². The Morgan fingerprint density at radius 3 is 2.76 bits per heavy atom. The fourth-order valence-electron chi connectivity index (χ4n) is 4.77. The monoisotopic (exact) mass is 394 g/mol. The average molecular weight is 394 g/mol. The number of amides is 1. The van der Waals surface area contributed by atoms with Crippen molar-refractivity contribution >= 4 is 5.91 Å². The summed E-state index contributed by atoms with van der Waals surface area (Å²) in [6.07, 6.45) is 2.85. The fourth-order valence-corrected chi connectivity index (χ4v) is 4.77. The Balaban J connectivity index is 1.34. The molecule has 2 aromatic rings. The molecule has 152 valence electrons. The molecule has 1 fully saturated rings. The topological polar surface area (TPSA) is 60.0 Å². The van der Waals surface area contributed by atoms with Crippen molar-refractivity contribution in [1.82, 2.24) is 10.2 Å². The van der Waals surface area contributed by atoms with Gasteiger partial charge >= 0.3 is 0 Å². The SMILES string of the molecule is COc1cc2c(cc1CN1CCC3(CCc4ccccc4C(=O)N3)C1)OCCO2. The number of carbonyl (C=O) groups excluding carboxylic acids is 1. The molecule has 6 nitrogen and oxygen atoms in total. The van der Waals surface area contributed by atoms with Crippen molar-refractivity contribution in [2.24, 2.45) is 0 Å². The number of hydrogen-bond donors (Lipinski definition) is 1. The molecule has 0 saturated carbocycles. The minimum absolute atomic E-state index is 0.0526. The van der Waals surface area contributed by atoms with Crippen molar-refractivity contribution in [1.29, 1.82) is 0 Å². The third-order valence-corrected chi connectivity index (χ3v) is 6.29. The van der Waals surface area contributed by atoms with Crippen molar-refractivity contribution in [2.45, 2.75) is 31.3 Å². The molecule has 2 aromatic carbocycles. The predicted octanol–water partition coefficient (Wildman–Crippen LogP) is 2.79. The molecule has 3 aliphatic heterocycles. The molecule has 0 radical (unpaired) electrons. The minimum atomic E-state index is -0.169. The Morgan fingerprint density at radius 1 is 1.14 bits per heavy atom. The van der Waals surface area contributed by atoms with E-state index in [1.54, 1.807) is 7.11 Å². The van der Waals surface area contributed by atoms with E-state index in [4.69, 9.17) is 14.2 Å². The second kappa shape index (κ2) is 7.26. The van der Waals surface area contributed by atoms with Gasteiger partial charge < -0.3 is 19.5 Å². The van der Waals surface area contributed by atoms with Crippen LogP contribution in [0.3, 0.4) is 0 Å². The van der Waals surface area contributed by atoms with Crippen molar-refractivity contribution < 1.29 is 19.0 Å². The van der Waals surface area contributed by atoms with Crippen LogP contribution in [-0.4, -0.2) is 49.8 Å². The molecule has 6 heteroatoms. The molecule has 1 saturated heterocycles. The van der Waals surface area contributed by atoms with Gasteiger partial charge in [0, 0.05) is 36.8 Å². The van der Waals surface area contributed by atoms with Crippen LogP contribution in [0.5, 0.6) is 17.2 Å². The Kier molecular flexibility index (Phi) is 4.59. The molecule has 1 unspecified atom stereocenters. The molecular weight excluding hydrogens is 368 g/mol. The summed E-state index contributed by atoms with van der Waals surface area (Å²) >= 11 is 0. The summed E-state index contributed by atoms with van der Waals surface area (Å²) in [6, 6.07) is 11.9. The predicted molar refractivity (Wildman–Crippen MR) is 109 cm³/mol. The lowest BCUT2D eigenvalue weighted by molar-refractivity contribution is 0.0902. The molecular formula is C23H26N2O4. The van der Waals surface area contributed by atoms with Gasteiger partial charge in [-0.15, -0.1) is 0 Å². The number of ether oxygens (including phenoxy) is 3. The van der Waals surface area contributed by atoms with E-state index in [2.05, 4.69) is 16.3 Å². The number of carbonyl (C=O) groups is 1. The van der Waals surface area contributed by atoms with E-state index in [9.17, 15) is 4.79 Å². The molecule has 0 aliphatic carbocycles. The summed E-state index contributed by atoms with van der Waals surface area (Å²) < 4.78 is 17.0. The first-order chi connectivity index (χ1) is 14.2. The highest BCUT2D eigenvalue weighted by atomic mass is 16.6. The standard InChI is InChI=1S/C23H26N2O4/c1-27-19-13-21-20(28-10-11-29-21)12-17(19)14-25-9-8-23(15-25)7-6-16-4-2-3-5-18(16)22(26)24-23/h2-5,12-13H,6-11,14-15H2,1H3,(H,24,26). The number of likely N-dealkylation sites (tertiary alicyclic amines) is 1. The number of benzene rings is 2. The normalized spacial score (nSPS) is 23.4. The number of aryl methyl sites for hydroxylation is 1. The van der Waals surface area contributed by atoms with Crippen molar-refractivity contribution in [2.75, 3.05) is 33.4 Å². The summed E-state index contributed by atoms with van der Waals surface area (Å²) in [5.41, 5.74) is 2.87. The van der Waals surface area contributed by atoms with E-state index in [0.29, 0.717) is 13.2 Å². The van der Waals surface area contributed by atoms with Gasteiger partial charge in [0.25, 0.3) is 5.91 Å². The maximum atomic E-state index is 12.8. The third kappa shape index (κ3) is 3.42. The van der Waals surface area contributed by atoms with Crippen LogP contribution in [0.2, 0.25) is 0 Å². The van der Waals surface area contributed by atoms with Gasteiger partial charge in [0.15, 0.2) is 11.5 Å². The zero-order valence-corrected chi connectivity index (χ0v) is 16.7. The van der Waals surface area contributed by atoms with Crippen LogP contribution in [0.1, 0.15) is 34.3 Å². The maximum Gasteiger partial charge on any atom is 0.252 e. The number of hydrogen-bond acceptors (Lipinski definition) is 5. The Bertz CT molecular complexity index is 944. The van der Waals surface area contributed by atoms with Gasteiger partial charge in [0.05, 0.1) is 12.6 Å². The van der Waals surface area contributed by atoms with Gasteiger partial charge in [0.2, 0.25) is 0 Å². The highest BCUT2D eigenvalue weighted by molar-refractivity contribution is 5.96. The Labute approximate surface area is 170 Å². The molecule has 1 amide bonds. The van der Waals surface area contributed by atoms with Crippen LogP contribution in [0.4, 0.5) is 0 Å². The summed E-state index contributed by atoms with van der Waals surface area (Å²) in [5, 5.41) is 3.35. The van der Waals surface area contributed by atoms with Crippen LogP contribution in [0.25, 0.3) is 0 Å². The third-order valence-electron chi connectivity index (χ3n) is 6.29. The second-order valence-corrected chi connectivity index (χ2v) is 8.16. The molecule has 5 rings (SSSR count). The smallest absolute Gasteiger partial charge is 0.252 e. The minimum Gasteiger partial charge on any atom is -0.496 e. The lowest BCUT2D eigenvalue weighted by Gasteiger charge is -2.29. The second-order valence-electron chi connectivity index (χ2n) is 8.16. The number of rotatable bonds is 3. The first kappa shape index (κ1) is 18.3. The highest BCUT2D eigenvalue weighted by Crippen LogP contribution is 2.38. The quantitative estimate of drug-likeness (QED) is 0.868. The van der Waals surface area contributed by atoms with Crippen molar-refractivity contribution in [3.8, 4) is 17.2 Å². The Morgan fingerprint density at radius 2 is 1.93 bits per heavy atom. The molecule has 29 heavy (non-hydrogen) atoms. The van der Waals surface area contributed by atoms with Crippen LogP contribution in [0, 0.1) is 0 Å². The van der Waals surface area contributed by atoms with Crippen molar-refractivity contribution in [3.63, 3.8) is 0 Å². The van der Waals surface area contributed by atoms with E-state index in [0.717, 1.165) is 72.8 Å². The van der Waals surface area contributed by atoms with Gasteiger partial charge in [-0.1, -0.05) is 18.2 Å².